The van der Waals surface area contributed by atoms with Crippen LogP contribution in [-0.4, -0.2) is 34.6 Å². The zero-order valence-corrected chi connectivity index (χ0v) is 19.8. The van der Waals surface area contributed by atoms with Gasteiger partial charge in [0.25, 0.3) is 0 Å². The second kappa shape index (κ2) is 9.91. The van der Waals surface area contributed by atoms with Gasteiger partial charge in [-0.25, -0.2) is 14.8 Å². The first-order valence-electron chi connectivity index (χ1n) is 11.3. The van der Waals surface area contributed by atoms with Crippen molar-refractivity contribution in [2.45, 2.75) is 46.1 Å². The van der Waals surface area contributed by atoms with E-state index in [1.54, 1.807) is 17.0 Å². The number of amides is 2. The third-order valence-corrected chi connectivity index (χ3v) is 5.58. The molecule has 1 fully saturated rings. The van der Waals surface area contributed by atoms with Crippen LogP contribution in [0.3, 0.4) is 0 Å². The lowest BCUT2D eigenvalue weighted by molar-refractivity contribution is -0.117. The van der Waals surface area contributed by atoms with E-state index >= 15 is 0 Å². The number of rotatable bonds is 6. The summed E-state index contributed by atoms with van der Waals surface area (Å²) in [4.78, 5) is 35.5. The molecule has 1 aliphatic heterocycles. The minimum atomic E-state index is -0.588. The summed E-state index contributed by atoms with van der Waals surface area (Å²) >= 11 is 0. The van der Waals surface area contributed by atoms with Crippen molar-refractivity contribution in [1.29, 1.82) is 0 Å². The van der Waals surface area contributed by atoms with Gasteiger partial charge in [-0.2, -0.15) is 0 Å². The van der Waals surface area contributed by atoms with Gasteiger partial charge in [-0.15, -0.1) is 0 Å². The van der Waals surface area contributed by atoms with Crippen LogP contribution < -0.4 is 15.5 Å². The average molecular weight is 460 g/mol. The molecular formula is C26H29N5O3. The van der Waals surface area contributed by atoms with Crippen molar-refractivity contribution in [2.24, 2.45) is 0 Å². The van der Waals surface area contributed by atoms with Crippen LogP contribution in [0.5, 0.6) is 0 Å². The number of carbonyl (C=O) groups excluding carboxylic acids is 2. The molecule has 1 aliphatic rings. The summed E-state index contributed by atoms with van der Waals surface area (Å²) in [7, 11) is 0. The molecule has 0 aliphatic carbocycles. The van der Waals surface area contributed by atoms with Gasteiger partial charge in [-0.05, 0) is 61.7 Å². The van der Waals surface area contributed by atoms with Gasteiger partial charge in [-0.1, -0.05) is 32.0 Å². The molecule has 0 spiro atoms. The van der Waals surface area contributed by atoms with Crippen LogP contribution in [0.2, 0.25) is 0 Å². The van der Waals surface area contributed by atoms with E-state index in [9.17, 15) is 9.59 Å². The Hall–Kier alpha value is -3.94. The molecule has 34 heavy (non-hydrogen) atoms. The number of benzene rings is 2. The molecule has 2 aromatic carbocycles. The van der Waals surface area contributed by atoms with Crippen molar-refractivity contribution in [3.05, 3.63) is 71.5 Å². The minimum Gasteiger partial charge on any atom is -0.444 e. The van der Waals surface area contributed by atoms with Crippen LogP contribution in [0.4, 0.5) is 27.8 Å². The summed E-state index contributed by atoms with van der Waals surface area (Å²) in [5, 5.41) is 5.88. The molecule has 8 nitrogen and oxygen atoms in total. The van der Waals surface area contributed by atoms with Gasteiger partial charge < -0.3 is 15.0 Å². The van der Waals surface area contributed by atoms with Gasteiger partial charge >= 0.3 is 6.09 Å². The number of hydrogen-bond donors (Lipinski definition) is 2. The molecule has 2 heterocycles. The number of carbonyl (C=O) groups is 2. The highest BCUT2D eigenvalue weighted by atomic mass is 16.6. The van der Waals surface area contributed by atoms with Crippen LogP contribution in [-0.2, 0) is 9.53 Å². The van der Waals surface area contributed by atoms with E-state index in [2.05, 4.69) is 34.4 Å². The first-order chi connectivity index (χ1) is 16.3. The SMILES string of the molecule is Cc1cc(C)nc(Nc2ccc(NC(=O)OC3CC(=O)N(c4ccccc4C(C)C)C3)cc2)n1. The summed E-state index contributed by atoms with van der Waals surface area (Å²) < 4.78 is 5.54. The molecule has 2 N–H and O–H groups in total. The molecule has 1 aromatic heterocycles. The van der Waals surface area contributed by atoms with Crippen LogP contribution in [0, 0.1) is 13.8 Å². The smallest absolute Gasteiger partial charge is 0.411 e. The quantitative estimate of drug-likeness (QED) is 0.518. The third kappa shape index (κ3) is 5.51. The Morgan fingerprint density at radius 1 is 1.03 bits per heavy atom. The number of nitrogens with one attached hydrogen (secondary N) is 2. The molecule has 176 valence electrons. The van der Waals surface area contributed by atoms with Crippen molar-refractivity contribution < 1.29 is 14.3 Å². The van der Waals surface area contributed by atoms with Crippen molar-refractivity contribution in [3.63, 3.8) is 0 Å². The zero-order chi connectivity index (χ0) is 24.2. The lowest BCUT2D eigenvalue weighted by Crippen LogP contribution is -2.28. The molecule has 4 rings (SSSR count). The van der Waals surface area contributed by atoms with Gasteiger partial charge in [0.1, 0.15) is 6.10 Å². The van der Waals surface area contributed by atoms with Crippen molar-refractivity contribution in [1.82, 2.24) is 9.97 Å². The first kappa shape index (κ1) is 23.2. The summed E-state index contributed by atoms with van der Waals surface area (Å²) in [6.45, 7) is 8.36. The third-order valence-electron chi connectivity index (χ3n) is 5.58. The molecule has 2 amide bonds. The number of nitrogens with zero attached hydrogens (tertiary/aromatic N) is 3. The number of aryl methyl sites for hydroxylation is 2. The van der Waals surface area contributed by atoms with E-state index < -0.39 is 12.2 Å². The lowest BCUT2D eigenvalue weighted by Gasteiger charge is -2.22. The van der Waals surface area contributed by atoms with Crippen LogP contribution in [0.1, 0.15) is 43.1 Å². The molecule has 3 aromatic rings. The van der Waals surface area contributed by atoms with E-state index in [0.717, 1.165) is 28.3 Å². The second-order valence-electron chi connectivity index (χ2n) is 8.75. The Morgan fingerprint density at radius 2 is 1.68 bits per heavy atom. The predicted molar refractivity (Wildman–Crippen MR) is 133 cm³/mol. The Labute approximate surface area is 199 Å². The molecular weight excluding hydrogens is 430 g/mol. The molecule has 0 saturated carbocycles. The lowest BCUT2D eigenvalue weighted by atomic mass is 10.0. The van der Waals surface area contributed by atoms with Crippen LogP contribution >= 0.6 is 0 Å². The number of hydrogen-bond acceptors (Lipinski definition) is 6. The standard InChI is InChI=1S/C26H29N5O3/c1-16(2)22-7-5-6-8-23(22)31-15-21(14-24(31)32)34-26(33)30-20-11-9-19(10-12-20)29-25-27-17(3)13-18(4)28-25/h5-13,16,21H,14-15H2,1-4H3,(H,30,33)(H,27,28,29). The molecule has 1 saturated heterocycles. The molecule has 1 atom stereocenters. The molecule has 8 heteroatoms. The van der Waals surface area contributed by atoms with E-state index in [4.69, 9.17) is 4.74 Å². The van der Waals surface area contributed by atoms with Crippen molar-refractivity contribution in [3.8, 4) is 0 Å². The molecule has 0 bridgehead atoms. The Kier molecular flexibility index (Phi) is 6.77. The number of ether oxygens (including phenoxy) is 1. The van der Waals surface area contributed by atoms with E-state index in [1.807, 2.05) is 56.3 Å². The summed E-state index contributed by atoms with van der Waals surface area (Å²) in [5.41, 5.74) is 5.12. The maximum absolute atomic E-state index is 12.6. The topological polar surface area (TPSA) is 96.4 Å². The van der Waals surface area contributed by atoms with Crippen LogP contribution in [0.25, 0.3) is 0 Å². The van der Waals surface area contributed by atoms with E-state index in [-0.39, 0.29) is 18.2 Å². The monoisotopic (exact) mass is 459 g/mol. The highest BCUT2D eigenvalue weighted by Crippen LogP contribution is 2.31. The number of anilines is 4. The molecule has 0 radical (unpaired) electrons. The maximum atomic E-state index is 12.6. The van der Waals surface area contributed by atoms with E-state index in [0.29, 0.717) is 18.2 Å². The van der Waals surface area contributed by atoms with Crippen LogP contribution in [0.15, 0.2) is 54.6 Å². The normalized spacial score (nSPS) is 15.5. The fourth-order valence-electron chi connectivity index (χ4n) is 4.05. The molecule has 1 unspecified atom stereocenters. The average Bonchev–Trinajstić information content (AvgIpc) is 3.14. The van der Waals surface area contributed by atoms with Gasteiger partial charge in [0.15, 0.2) is 0 Å². The summed E-state index contributed by atoms with van der Waals surface area (Å²) in [6.07, 6.45) is -0.927. The predicted octanol–water partition coefficient (Wildman–Crippen LogP) is 5.31. The van der Waals surface area contributed by atoms with Crippen molar-refractivity contribution >= 4 is 35.0 Å². The Bertz CT molecular complexity index is 1170. The van der Waals surface area contributed by atoms with Gasteiger partial charge in [0.05, 0.1) is 13.0 Å². The highest BCUT2D eigenvalue weighted by molar-refractivity contribution is 5.97. The fourth-order valence-corrected chi connectivity index (χ4v) is 4.05. The Balaban J connectivity index is 1.34. The first-order valence-corrected chi connectivity index (χ1v) is 11.3. The van der Waals surface area contributed by atoms with E-state index in [1.165, 1.54) is 0 Å². The fraction of sp³-hybridized carbons (Fsp3) is 0.308. The van der Waals surface area contributed by atoms with Gasteiger partial charge in [-0.3, -0.25) is 10.1 Å². The van der Waals surface area contributed by atoms with Gasteiger partial charge in [0, 0.05) is 28.5 Å². The number of para-hydroxylation sites is 1. The number of aromatic nitrogens is 2. The summed E-state index contributed by atoms with van der Waals surface area (Å²) in [6, 6.07) is 16.9. The zero-order valence-electron chi connectivity index (χ0n) is 19.8. The van der Waals surface area contributed by atoms with Gasteiger partial charge in [0.2, 0.25) is 11.9 Å². The Morgan fingerprint density at radius 3 is 2.35 bits per heavy atom. The maximum Gasteiger partial charge on any atom is 0.411 e. The summed E-state index contributed by atoms with van der Waals surface area (Å²) in [5.74, 6) is 0.758. The van der Waals surface area contributed by atoms with Crippen molar-refractivity contribution in [2.75, 3.05) is 22.1 Å². The highest BCUT2D eigenvalue weighted by Gasteiger charge is 2.34. The largest absolute Gasteiger partial charge is 0.444 e. The minimum absolute atomic E-state index is 0.0464. The second-order valence-corrected chi connectivity index (χ2v) is 8.75.